The normalized spacial score (nSPS) is 56.0. The number of nitriles is 1. The number of ketones is 1. The summed E-state index contributed by atoms with van der Waals surface area (Å²) in [6, 6.07) is 2.55. The van der Waals surface area contributed by atoms with Gasteiger partial charge in [0.1, 0.15) is 5.60 Å². The fourth-order valence-electron chi connectivity index (χ4n) is 9.56. The van der Waals surface area contributed by atoms with Crippen molar-refractivity contribution >= 4 is 11.8 Å². The second kappa shape index (κ2) is 5.30. The van der Waals surface area contributed by atoms with E-state index in [1.165, 1.54) is 0 Å². The molecule has 1 spiro atoms. The van der Waals surface area contributed by atoms with Gasteiger partial charge in [-0.05, 0) is 61.7 Å². The zero-order valence-electron chi connectivity index (χ0n) is 17.7. The average molecular weight is 411 g/mol. The van der Waals surface area contributed by atoms with E-state index in [-0.39, 0.29) is 40.8 Å². The lowest BCUT2D eigenvalue weighted by molar-refractivity contribution is -0.209. The third kappa shape index (κ3) is 1.71. The molecule has 6 rings (SSSR count). The summed E-state index contributed by atoms with van der Waals surface area (Å²) >= 11 is 0. The summed E-state index contributed by atoms with van der Waals surface area (Å²) in [6.07, 6.45) is 4.57. The molecule has 6 aliphatic rings. The molecule has 3 N–H and O–H groups in total. The molecule has 0 aromatic rings. The molecule has 9 atom stereocenters. The summed E-state index contributed by atoms with van der Waals surface area (Å²) in [5.74, 6) is 0.169. The molecule has 5 fully saturated rings. The number of allylic oxidation sites excluding steroid dienone is 2. The van der Waals surface area contributed by atoms with Gasteiger partial charge in [-0.25, -0.2) is 0 Å². The number of aliphatic hydroxyl groups is 1. The monoisotopic (exact) mass is 410 g/mol. The van der Waals surface area contributed by atoms with Crippen molar-refractivity contribution in [2.75, 3.05) is 0 Å². The van der Waals surface area contributed by atoms with Crippen molar-refractivity contribution in [3.63, 3.8) is 0 Å². The van der Waals surface area contributed by atoms with Crippen LogP contribution < -0.4 is 5.73 Å². The molecule has 0 radical (unpaired) electrons. The Kier molecular flexibility index (Phi) is 3.33. The predicted octanol–water partition coefficient (Wildman–Crippen LogP) is 2.60. The molecule has 5 aliphatic carbocycles. The number of Topliss-reactive ketones (excluding diaryl/α,β-unsaturated/α-hetero) is 1. The van der Waals surface area contributed by atoms with E-state index >= 15 is 0 Å². The minimum Gasteiger partial charge on any atom is -0.458 e. The predicted molar refractivity (Wildman–Crippen MR) is 106 cm³/mol. The molecular formula is C24H30N2O4. The summed E-state index contributed by atoms with van der Waals surface area (Å²) in [5.41, 5.74) is 5.72. The highest BCUT2D eigenvalue weighted by Gasteiger charge is 2.76. The maximum atomic E-state index is 12.9. The minimum atomic E-state index is -0.872. The van der Waals surface area contributed by atoms with Crippen molar-refractivity contribution in [2.24, 2.45) is 45.7 Å². The van der Waals surface area contributed by atoms with E-state index in [4.69, 9.17) is 10.5 Å². The molecule has 1 saturated heterocycles. The molecule has 1 heterocycles. The first-order chi connectivity index (χ1) is 14.1. The molecule has 1 aliphatic heterocycles. The zero-order valence-corrected chi connectivity index (χ0v) is 17.7. The molecule has 6 heteroatoms. The average Bonchev–Trinajstić information content (AvgIpc) is 3.31. The third-order valence-corrected chi connectivity index (χ3v) is 10.8. The molecule has 0 amide bonds. The smallest absolute Gasteiger partial charge is 0.306 e. The Hall–Kier alpha value is -1.87. The largest absolute Gasteiger partial charge is 0.458 e. The van der Waals surface area contributed by atoms with Crippen LogP contribution in [-0.2, 0) is 14.3 Å². The minimum absolute atomic E-state index is 0.0255. The molecular weight excluding hydrogens is 380 g/mol. The standard InChI is InChI=1S/C24H30N2O4/c1-21-6-4-14(27)19-20(26)12(9-23(19,21)11-25)17-13-3-7-24(8-5-16(29)30-24)22(13,2)10-15(28)18(17)21/h12-13,15,17-18,28H,3-10,26H2,1-2H3/t12-,13?,15-,17?,18?,21-,22+,23+,24-/m1/s1. The van der Waals surface area contributed by atoms with Crippen molar-refractivity contribution in [3.05, 3.63) is 11.3 Å². The lowest BCUT2D eigenvalue weighted by atomic mass is 9.39. The van der Waals surface area contributed by atoms with Crippen molar-refractivity contribution < 1.29 is 19.4 Å². The third-order valence-electron chi connectivity index (χ3n) is 10.8. The van der Waals surface area contributed by atoms with Crippen LogP contribution >= 0.6 is 0 Å². The number of rotatable bonds is 0. The molecule has 3 unspecified atom stereocenters. The van der Waals surface area contributed by atoms with Gasteiger partial charge in [-0.1, -0.05) is 13.8 Å². The van der Waals surface area contributed by atoms with Gasteiger partial charge < -0.3 is 15.6 Å². The topological polar surface area (TPSA) is 113 Å². The van der Waals surface area contributed by atoms with E-state index in [0.717, 1.165) is 19.3 Å². The summed E-state index contributed by atoms with van der Waals surface area (Å²) in [6.45, 7) is 4.33. The van der Waals surface area contributed by atoms with E-state index in [9.17, 15) is 20.0 Å². The van der Waals surface area contributed by atoms with Crippen LogP contribution in [0.5, 0.6) is 0 Å². The first-order valence-corrected chi connectivity index (χ1v) is 11.5. The molecule has 4 saturated carbocycles. The number of nitrogens with zero attached hydrogens (tertiary/aromatic N) is 1. The molecule has 6 nitrogen and oxygen atoms in total. The van der Waals surface area contributed by atoms with Gasteiger partial charge in [0.25, 0.3) is 0 Å². The number of ether oxygens (including phenoxy) is 1. The number of esters is 1. The SMILES string of the molecule is C[C@]12C[C@@H](O)C3C(C1CC[C@@]21CCC(=O)O1)[C@H]1C[C@]2(C#N)C(=C1N)C(=O)CC[C@]32C. The first-order valence-electron chi connectivity index (χ1n) is 11.5. The van der Waals surface area contributed by atoms with Gasteiger partial charge >= 0.3 is 5.97 Å². The van der Waals surface area contributed by atoms with Gasteiger partial charge in [0.05, 0.1) is 17.6 Å². The summed E-state index contributed by atoms with van der Waals surface area (Å²) in [7, 11) is 0. The van der Waals surface area contributed by atoms with Crippen LogP contribution in [0.2, 0.25) is 0 Å². The molecule has 30 heavy (non-hydrogen) atoms. The van der Waals surface area contributed by atoms with E-state index in [2.05, 4.69) is 19.9 Å². The van der Waals surface area contributed by atoms with Gasteiger partial charge in [-0.2, -0.15) is 5.26 Å². The Labute approximate surface area is 176 Å². The lowest BCUT2D eigenvalue weighted by Crippen LogP contribution is -2.64. The van der Waals surface area contributed by atoms with Gasteiger partial charge in [0.2, 0.25) is 0 Å². The zero-order chi connectivity index (χ0) is 21.3. The van der Waals surface area contributed by atoms with Gasteiger partial charge in [-0.3, -0.25) is 9.59 Å². The Morgan fingerprint density at radius 2 is 1.90 bits per heavy atom. The summed E-state index contributed by atoms with van der Waals surface area (Å²) in [5, 5.41) is 22.0. The van der Waals surface area contributed by atoms with E-state index < -0.39 is 22.5 Å². The lowest BCUT2D eigenvalue weighted by Gasteiger charge is -2.64. The van der Waals surface area contributed by atoms with Crippen LogP contribution in [0.3, 0.4) is 0 Å². The Morgan fingerprint density at radius 1 is 1.13 bits per heavy atom. The fraction of sp³-hybridized carbons (Fsp3) is 0.792. The highest BCUT2D eigenvalue weighted by molar-refractivity contribution is 6.00. The Morgan fingerprint density at radius 3 is 2.57 bits per heavy atom. The second-order valence-corrected chi connectivity index (χ2v) is 11.4. The number of aliphatic hydroxyl groups excluding tert-OH is 1. The summed E-state index contributed by atoms with van der Waals surface area (Å²) in [4.78, 5) is 25.0. The Balaban J connectivity index is 1.53. The van der Waals surface area contributed by atoms with Crippen molar-refractivity contribution in [1.29, 1.82) is 5.26 Å². The van der Waals surface area contributed by atoms with Crippen LogP contribution in [-0.4, -0.2) is 28.6 Å². The van der Waals surface area contributed by atoms with Crippen LogP contribution in [0.1, 0.15) is 65.2 Å². The van der Waals surface area contributed by atoms with Gasteiger partial charge in [0, 0.05) is 35.4 Å². The van der Waals surface area contributed by atoms with Crippen LogP contribution in [0.4, 0.5) is 0 Å². The highest BCUT2D eigenvalue weighted by atomic mass is 16.6. The Bertz CT molecular complexity index is 967. The second-order valence-electron chi connectivity index (χ2n) is 11.4. The number of hydrogen-bond donors (Lipinski definition) is 2. The van der Waals surface area contributed by atoms with Gasteiger partial charge in [-0.15, -0.1) is 0 Å². The molecule has 0 aromatic carbocycles. The number of nitrogens with two attached hydrogens (primary N) is 1. The van der Waals surface area contributed by atoms with E-state index in [1.807, 2.05) is 0 Å². The molecule has 2 bridgehead atoms. The maximum absolute atomic E-state index is 12.9. The van der Waals surface area contributed by atoms with Crippen LogP contribution in [0.25, 0.3) is 0 Å². The highest BCUT2D eigenvalue weighted by Crippen LogP contribution is 2.76. The quantitative estimate of drug-likeness (QED) is 0.594. The number of fused-ring (bicyclic) bond motifs is 7. The molecule has 0 aromatic heterocycles. The maximum Gasteiger partial charge on any atom is 0.306 e. The number of hydrogen-bond acceptors (Lipinski definition) is 6. The fourth-order valence-corrected chi connectivity index (χ4v) is 9.56. The molecule has 160 valence electrons. The van der Waals surface area contributed by atoms with Crippen molar-refractivity contribution in [1.82, 2.24) is 0 Å². The van der Waals surface area contributed by atoms with E-state index in [1.54, 1.807) is 0 Å². The van der Waals surface area contributed by atoms with E-state index in [0.29, 0.717) is 43.4 Å². The number of carbonyl (C=O) groups is 2. The van der Waals surface area contributed by atoms with Gasteiger partial charge in [0.15, 0.2) is 5.78 Å². The number of carbonyl (C=O) groups excluding carboxylic acids is 2. The summed E-state index contributed by atoms with van der Waals surface area (Å²) < 4.78 is 5.99. The first kappa shape index (κ1) is 18.9. The van der Waals surface area contributed by atoms with Crippen LogP contribution in [0.15, 0.2) is 11.3 Å². The van der Waals surface area contributed by atoms with Crippen molar-refractivity contribution in [3.8, 4) is 6.07 Å². The van der Waals surface area contributed by atoms with Crippen LogP contribution in [0, 0.1) is 51.2 Å². The van der Waals surface area contributed by atoms with Crippen molar-refractivity contribution in [2.45, 2.75) is 76.9 Å².